The van der Waals surface area contributed by atoms with E-state index in [-0.39, 0.29) is 0 Å². The summed E-state index contributed by atoms with van der Waals surface area (Å²) in [7, 11) is 3.03. The van der Waals surface area contributed by atoms with Crippen LogP contribution in [0.1, 0.15) is 25.2 Å². The van der Waals surface area contributed by atoms with E-state index in [0.717, 1.165) is 22.4 Å². The average Bonchev–Trinajstić information content (AvgIpc) is 2.57. The Bertz CT molecular complexity index is 400. The van der Waals surface area contributed by atoms with Crippen LogP contribution in [0, 0.1) is 6.92 Å². The normalized spacial score (nSPS) is 15.1. The number of aliphatic hydroxyl groups is 1. The number of halogens is 1. The van der Waals surface area contributed by atoms with Crippen LogP contribution in [0.4, 0.5) is 0 Å². The third kappa shape index (κ3) is 3.12. The highest BCUT2D eigenvalue weighted by Gasteiger charge is 2.34. The molecular formula is C12H21BrN2O3. The van der Waals surface area contributed by atoms with Crippen LogP contribution < -0.4 is 0 Å². The van der Waals surface area contributed by atoms with Crippen LogP contribution in [0.3, 0.4) is 0 Å². The molecule has 5 nitrogen and oxygen atoms in total. The Labute approximate surface area is 116 Å². The van der Waals surface area contributed by atoms with E-state index >= 15 is 0 Å². The van der Waals surface area contributed by atoms with Crippen molar-refractivity contribution in [1.82, 2.24) is 9.78 Å². The lowest BCUT2D eigenvalue weighted by Gasteiger charge is -2.30. The smallest absolute Gasteiger partial charge is 0.185 e. The molecule has 0 saturated carbocycles. The van der Waals surface area contributed by atoms with Crippen molar-refractivity contribution in [3.8, 4) is 0 Å². The lowest BCUT2D eigenvalue weighted by molar-refractivity contribution is -0.207. The molecule has 1 N–H and O–H groups in total. The Morgan fingerprint density at radius 1 is 1.44 bits per heavy atom. The number of nitrogens with zero attached hydrogens (tertiary/aromatic N) is 2. The second-order valence-corrected chi connectivity index (χ2v) is 5.29. The highest BCUT2D eigenvalue weighted by Crippen LogP contribution is 2.27. The molecule has 0 spiro atoms. The maximum Gasteiger partial charge on any atom is 0.185 e. The molecule has 1 atom stereocenters. The van der Waals surface area contributed by atoms with E-state index < -0.39 is 11.9 Å². The number of ether oxygens (including phenoxy) is 2. The van der Waals surface area contributed by atoms with Gasteiger partial charge in [-0.3, -0.25) is 4.68 Å². The molecule has 0 aliphatic carbocycles. The summed E-state index contributed by atoms with van der Waals surface area (Å²) in [6, 6.07) is 0. The van der Waals surface area contributed by atoms with E-state index in [9.17, 15) is 5.11 Å². The maximum atomic E-state index is 10.5. The fraction of sp³-hybridized carbons (Fsp3) is 0.750. The van der Waals surface area contributed by atoms with Gasteiger partial charge in [-0.1, -0.05) is 0 Å². The molecule has 6 heteroatoms. The standard InChI is InChI=1S/C12H21BrN2O3/c1-6-15-9(10(13)8(2)14-15)7-12(3,16)11(17-4)18-5/h11,16H,6-7H2,1-5H3. The van der Waals surface area contributed by atoms with Crippen LogP contribution >= 0.6 is 15.9 Å². The molecule has 1 aromatic rings. The fourth-order valence-corrected chi connectivity index (χ4v) is 2.49. The fourth-order valence-electron chi connectivity index (χ4n) is 2.06. The molecule has 1 rings (SSSR count). The van der Waals surface area contributed by atoms with Crippen LogP contribution in [-0.4, -0.2) is 41.0 Å². The number of hydrogen-bond acceptors (Lipinski definition) is 4. The summed E-state index contributed by atoms with van der Waals surface area (Å²) < 4.78 is 13.1. The summed E-state index contributed by atoms with van der Waals surface area (Å²) >= 11 is 3.51. The van der Waals surface area contributed by atoms with Gasteiger partial charge in [0, 0.05) is 27.2 Å². The molecule has 0 saturated heterocycles. The van der Waals surface area contributed by atoms with Gasteiger partial charge in [-0.25, -0.2) is 0 Å². The van der Waals surface area contributed by atoms with Crippen molar-refractivity contribution >= 4 is 15.9 Å². The third-order valence-electron chi connectivity index (χ3n) is 2.91. The largest absolute Gasteiger partial charge is 0.384 e. The van der Waals surface area contributed by atoms with Crippen molar-refractivity contribution in [3.05, 3.63) is 15.9 Å². The number of aromatic nitrogens is 2. The Balaban J connectivity index is 3.02. The van der Waals surface area contributed by atoms with E-state index in [1.807, 2.05) is 18.5 Å². The molecule has 0 aliphatic heterocycles. The van der Waals surface area contributed by atoms with E-state index in [1.165, 1.54) is 14.2 Å². The first kappa shape index (κ1) is 15.6. The van der Waals surface area contributed by atoms with Gasteiger partial charge in [-0.05, 0) is 36.7 Å². The van der Waals surface area contributed by atoms with Crippen LogP contribution in [0.15, 0.2) is 4.47 Å². The Kier molecular flexibility index (Phi) is 5.33. The molecule has 0 aromatic carbocycles. The summed E-state index contributed by atoms with van der Waals surface area (Å²) in [4.78, 5) is 0. The lowest BCUT2D eigenvalue weighted by Crippen LogP contribution is -2.44. The van der Waals surface area contributed by atoms with Crippen molar-refractivity contribution in [2.24, 2.45) is 0 Å². The maximum absolute atomic E-state index is 10.5. The van der Waals surface area contributed by atoms with Gasteiger partial charge in [0.15, 0.2) is 6.29 Å². The Morgan fingerprint density at radius 2 is 2.00 bits per heavy atom. The van der Waals surface area contributed by atoms with Crippen molar-refractivity contribution in [3.63, 3.8) is 0 Å². The first-order chi connectivity index (χ1) is 8.37. The average molecular weight is 321 g/mol. The van der Waals surface area contributed by atoms with Crippen LogP contribution in [0.25, 0.3) is 0 Å². The first-order valence-corrected chi connectivity index (χ1v) is 6.66. The van der Waals surface area contributed by atoms with Gasteiger partial charge >= 0.3 is 0 Å². The van der Waals surface area contributed by atoms with Gasteiger partial charge in [0.05, 0.1) is 15.9 Å². The molecular weight excluding hydrogens is 300 g/mol. The lowest BCUT2D eigenvalue weighted by atomic mass is 9.99. The zero-order chi connectivity index (χ0) is 13.9. The predicted molar refractivity (Wildman–Crippen MR) is 72.5 cm³/mol. The van der Waals surface area contributed by atoms with Gasteiger partial charge in [0.2, 0.25) is 0 Å². The van der Waals surface area contributed by atoms with Gasteiger partial charge in [0.25, 0.3) is 0 Å². The van der Waals surface area contributed by atoms with E-state index in [2.05, 4.69) is 21.0 Å². The van der Waals surface area contributed by atoms with E-state index in [0.29, 0.717) is 6.42 Å². The Hall–Kier alpha value is -0.430. The minimum Gasteiger partial charge on any atom is -0.384 e. The van der Waals surface area contributed by atoms with Crippen molar-refractivity contribution < 1.29 is 14.6 Å². The molecule has 0 aliphatic rings. The zero-order valence-corrected chi connectivity index (χ0v) is 13.1. The molecule has 0 bridgehead atoms. The van der Waals surface area contributed by atoms with Gasteiger partial charge in [-0.2, -0.15) is 5.10 Å². The Morgan fingerprint density at radius 3 is 2.44 bits per heavy atom. The summed E-state index contributed by atoms with van der Waals surface area (Å²) in [5.41, 5.74) is 0.735. The molecule has 1 unspecified atom stereocenters. The summed E-state index contributed by atoms with van der Waals surface area (Å²) in [5, 5.41) is 14.9. The SMILES string of the molecule is CCn1nc(C)c(Br)c1CC(C)(O)C(OC)OC. The molecule has 0 radical (unpaired) electrons. The van der Waals surface area contributed by atoms with E-state index in [1.54, 1.807) is 6.92 Å². The van der Waals surface area contributed by atoms with E-state index in [4.69, 9.17) is 9.47 Å². The monoisotopic (exact) mass is 320 g/mol. The van der Waals surface area contributed by atoms with Crippen LogP contribution in [0.5, 0.6) is 0 Å². The second-order valence-electron chi connectivity index (χ2n) is 4.50. The zero-order valence-electron chi connectivity index (χ0n) is 11.5. The highest BCUT2D eigenvalue weighted by atomic mass is 79.9. The van der Waals surface area contributed by atoms with Crippen molar-refractivity contribution in [2.45, 2.75) is 45.6 Å². The van der Waals surface area contributed by atoms with Crippen LogP contribution in [0.2, 0.25) is 0 Å². The molecule has 1 aromatic heterocycles. The molecule has 0 fully saturated rings. The minimum absolute atomic E-state index is 0.397. The highest BCUT2D eigenvalue weighted by molar-refractivity contribution is 9.10. The number of methoxy groups -OCH3 is 2. The van der Waals surface area contributed by atoms with Gasteiger partial charge in [0.1, 0.15) is 5.60 Å². The number of hydrogen-bond donors (Lipinski definition) is 1. The third-order valence-corrected chi connectivity index (χ3v) is 3.95. The van der Waals surface area contributed by atoms with Crippen LogP contribution in [-0.2, 0) is 22.4 Å². The molecule has 1 heterocycles. The minimum atomic E-state index is -1.12. The van der Waals surface area contributed by atoms with Gasteiger partial charge in [-0.15, -0.1) is 0 Å². The summed E-state index contributed by atoms with van der Waals surface area (Å²) in [6.07, 6.45) is -0.279. The summed E-state index contributed by atoms with van der Waals surface area (Å²) in [6.45, 7) is 6.39. The van der Waals surface area contributed by atoms with Crippen molar-refractivity contribution in [2.75, 3.05) is 14.2 Å². The second kappa shape index (κ2) is 6.14. The quantitative estimate of drug-likeness (QED) is 0.813. The molecule has 18 heavy (non-hydrogen) atoms. The molecule has 104 valence electrons. The number of aryl methyl sites for hydroxylation is 2. The summed E-state index contributed by atoms with van der Waals surface area (Å²) in [5.74, 6) is 0. The van der Waals surface area contributed by atoms with Gasteiger partial charge < -0.3 is 14.6 Å². The molecule has 0 amide bonds. The first-order valence-electron chi connectivity index (χ1n) is 5.87. The topological polar surface area (TPSA) is 56.5 Å². The van der Waals surface area contributed by atoms with Crippen molar-refractivity contribution in [1.29, 1.82) is 0 Å². The number of rotatable bonds is 6. The predicted octanol–water partition coefficient (Wildman–Crippen LogP) is 1.89.